The molecule has 25 heavy (non-hydrogen) atoms. The smallest absolute Gasteiger partial charge is 0.233 e. The van der Waals surface area contributed by atoms with Gasteiger partial charge in [-0.05, 0) is 39.4 Å². The number of amides is 1. The van der Waals surface area contributed by atoms with Gasteiger partial charge in [0.25, 0.3) is 0 Å². The van der Waals surface area contributed by atoms with Crippen molar-refractivity contribution in [2.45, 2.75) is 24.7 Å². The number of hydrogen-bond donors (Lipinski definition) is 0. The summed E-state index contributed by atoms with van der Waals surface area (Å²) in [6.45, 7) is 2.10. The van der Waals surface area contributed by atoms with E-state index >= 15 is 0 Å². The number of nitrogens with zero attached hydrogens (tertiary/aromatic N) is 5. The van der Waals surface area contributed by atoms with E-state index in [4.69, 9.17) is 0 Å². The summed E-state index contributed by atoms with van der Waals surface area (Å²) in [5.41, 5.74) is 2.59. The summed E-state index contributed by atoms with van der Waals surface area (Å²) >= 11 is 3.07. The van der Waals surface area contributed by atoms with Crippen molar-refractivity contribution in [3.05, 3.63) is 57.8 Å². The molecule has 128 valence electrons. The molecule has 8 heteroatoms. The predicted molar refractivity (Wildman–Crippen MR) is 97.5 cm³/mol. The molecule has 0 aliphatic carbocycles. The molecule has 0 fully saturated rings. The van der Waals surface area contributed by atoms with Crippen molar-refractivity contribution in [3.8, 4) is 0 Å². The molecule has 2 aromatic heterocycles. The maximum absolute atomic E-state index is 12.6. The van der Waals surface area contributed by atoms with E-state index in [2.05, 4.69) is 39.8 Å². The van der Waals surface area contributed by atoms with Crippen LogP contribution in [-0.2, 0) is 24.3 Å². The van der Waals surface area contributed by atoms with Crippen molar-refractivity contribution in [2.24, 2.45) is 0 Å². The summed E-state index contributed by atoms with van der Waals surface area (Å²) in [6.07, 6.45) is 0.919. The Labute approximate surface area is 153 Å². The third-order valence-electron chi connectivity index (χ3n) is 4.19. The molecular weight excluding hydrogens is 354 g/mol. The molecular formula is C17H17N5OS2. The summed E-state index contributed by atoms with van der Waals surface area (Å²) in [4.78, 5) is 15.7. The highest BCUT2D eigenvalue weighted by atomic mass is 32.2. The third-order valence-corrected chi connectivity index (χ3v) is 6.00. The normalized spacial score (nSPS) is 13.7. The zero-order valence-electron chi connectivity index (χ0n) is 13.5. The number of rotatable bonds is 5. The molecule has 6 nitrogen and oxygen atoms in total. The molecule has 1 aromatic carbocycles. The van der Waals surface area contributed by atoms with Gasteiger partial charge in [-0.1, -0.05) is 42.1 Å². The van der Waals surface area contributed by atoms with E-state index in [0.717, 1.165) is 13.0 Å². The van der Waals surface area contributed by atoms with Gasteiger partial charge in [0.2, 0.25) is 11.1 Å². The molecule has 0 saturated carbocycles. The van der Waals surface area contributed by atoms with Gasteiger partial charge in [0.05, 0.1) is 12.3 Å². The number of benzene rings is 1. The van der Waals surface area contributed by atoms with Gasteiger partial charge in [-0.25, -0.2) is 4.68 Å². The van der Waals surface area contributed by atoms with E-state index in [9.17, 15) is 4.79 Å². The fourth-order valence-electron chi connectivity index (χ4n) is 2.88. The number of hydrogen-bond acceptors (Lipinski definition) is 6. The minimum atomic E-state index is 0.130. The van der Waals surface area contributed by atoms with Crippen LogP contribution in [0.2, 0.25) is 0 Å². The lowest BCUT2D eigenvalue weighted by Gasteiger charge is -2.28. The third kappa shape index (κ3) is 3.74. The summed E-state index contributed by atoms with van der Waals surface area (Å²) in [5.74, 6) is 0.484. The minimum absolute atomic E-state index is 0.130. The first kappa shape index (κ1) is 16.3. The Morgan fingerprint density at radius 3 is 2.92 bits per heavy atom. The Hall–Kier alpha value is -2.19. The quantitative estimate of drug-likeness (QED) is 0.645. The first-order valence-electron chi connectivity index (χ1n) is 8.05. The number of thiophene rings is 1. The summed E-state index contributed by atoms with van der Waals surface area (Å²) in [5, 5.41) is 14.5. The first-order chi connectivity index (χ1) is 12.3. The maximum Gasteiger partial charge on any atom is 0.233 e. The van der Waals surface area contributed by atoms with Crippen LogP contribution in [-0.4, -0.2) is 43.3 Å². The lowest BCUT2D eigenvalue weighted by atomic mass is 10.00. The van der Waals surface area contributed by atoms with Crippen molar-refractivity contribution in [2.75, 3.05) is 12.3 Å². The van der Waals surface area contributed by atoms with Crippen LogP contribution in [0.25, 0.3) is 0 Å². The maximum atomic E-state index is 12.6. The lowest BCUT2D eigenvalue weighted by molar-refractivity contribution is -0.129. The average molecular weight is 371 g/mol. The molecule has 0 spiro atoms. The number of aromatic nitrogens is 4. The molecule has 4 rings (SSSR count). The zero-order valence-corrected chi connectivity index (χ0v) is 15.2. The largest absolute Gasteiger partial charge is 0.337 e. The van der Waals surface area contributed by atoms with Crippen LogP contribution in [0, 0.1) is 0 Å². The Morgan fingerprint density at radius 1 is 1.20 bits per heavy atom. The van der Waals surface area contributed by atoms with E-state index in [1.54, 1.807) is 16.0 Å². The molecule has 0 atom stereocenters. The van der Waals surface area contributed by atoms with Crippen molar-refractivity contribution in [3.63, 3.8) is 0 Å². The van der Waals surface area contributed by atoms with Crippen LogP contribution < -0.4 is 0 Å². The van der Waals surface area contributed by atoms with Crippen LogP contribution in [0.1, 0.15) is 16.0 Å². The number of thioether (sulfide) groups is 1. The van der Waals surface area contributed by atoms with Crippen LogP contribution in [0.5, 0.6) is 0 Å². The molecule has 0 radical (unpaired) electrons. The van der Waals surface area contributed by atoms with E-state index in [0.29, 0.717) is 24.0 Å². The second-order valence-electron chi connectivity index (χ2n) is 5.82. The molecule has 0 unspecified atom stereocenters. The fourth-order valence-corrected chi connectivity index (χ4v) is 4.34. The molecule has 1 aliphatic rings. The predicted octanol–water partition coefficient (Wildman–Crippen LogP) is 2.46. The lowest BCUT2D eigenvalue weighted by Crippen LogP contribution is -2.37. The SMILES string of the molecule is O=C(CSc1nnnn1Cc1cccs1)N1CCc2ccccc2C1. The van der Waals surface area contributed by atoms with Gasteiger partial charge in [-0.3, -0.25) is 4.79 Å². The highest BCUT2D eigenvalue weighted by Crippen LogP contribution is 2.21. The van der Waals surface area contributed by atoms with Crippen LogP contribution in [0.3, 0.4) is 0 Å². The average Bonchev–Trinajstić information content (AvgIpc) is 3.32. The molecule has 1 aliphatic heterocycles. The Bertz CT molecular complexity index is 862. The van der Waals surface area contributed by atoms with Crippen LogP contribution in [0.15, 0.2) is 46.9 Å². The van der Waals surface area contributed by atoms with Gasteiger partial charge in [0.1, 0.15) is 0 Å². The van der Waals surface area contributed by atoms with Gasteiger partial charge in [0.15, 0.2) is 0 Å². The minimum Gasteiger partial charge on any atom is -0.337 e. The van der Waals surface area contributed by atoms with E-state index in [1.807, 2.05) is 22.4 Å². The Kier molecular flexibility index (Phi) is 4.80. The van der Waals surface area contributed by atoms with Crippen molar-refractivity contribution in [1.82, 2.24) is 25.1 Å². The van der Waals surface area contributed by atoms with Crippen molar-refractivity contribution >= 4 is 29.0 Å². The topological polar surface area (TPSA) is 63.9 Å². The van der Waals surface area contributed by atoms with E-state index in [1.165, 1.54) is 27.8 Å². The summed E-state index contributed by atoms with van der Waals surface area (Å²) in [7, 11) is 0. The van der Waals surface area contributed by atoms with E-state index in [-0.39, 0.29) is 5.91 Å². The van der Waals surface area contributed by atoms with Gasteiger partial charge < -0.3 is 4.90 Å². The number of carbonyl (C=O) groups is 1. The zero-order chi connectivity index (χ0) is 17.1. The number of carbonyl (C=O) groups excluding carboxylic acids is 1. The fraction of sp³-hybridized carbons (Fsp3) is 0.294. The van der Waals surface area contributed by atoms with Crippen molar-refractivity contribution < 1.29 is 4.79 Å². The molecule has 0 saturated heterocycles. The van der Waals surface area contributed by atoms with Gasteiger partial charge >= 0.3 is 0 Å². The number of tetrazole rings is 1. The summed E-state index contributed by atoms with van der Waals surface area (Å²) < 4.78 is 1.75. The molecule has 0 N–H and O–H groups in total. The second-order valence-corrected chi connectivity index (χ2v) is 7.80. The highest BCUT2D eigenvalue weighted by Gasteiger charge is 2.21. The molecule has 0 bridgehead atoms. The highest BCUT2D eigenvalue weighted by molar-refractivity contribution is 7.99. The Balaban J connectivity index is 1.36. The summed E-state index contributed by atoms with van der Waals surface area (Å²) in [6, 6.07) is 12.4. The monoisotopic (exact) mass is 371 g/mol. The first-order valence-corrected chi connectivity index (χ1v) is 9.92. The van der Waals surface area contributed by atoms with Crippen molar-refractivity contribution in [1.29, 1.82) is 0 Å². The molecule has 3 heterocycles. The Morgan fingerprint density at radius 2 is 2.08 bits per heavy atom. The standard InChI is InChI=1S/C17H17N5OS2/c23-16(21-8-7-13-4-1-2-5-14(13)10-21)12-25-17-18-19-20-22(17)11-15-6-3-9-24-15/h1-6,9H,7-8,10-12H2. The number of fused-ring (bicyclic) bond motifs is 1. The van der Waals surface area contributed by atoms with E-state index < -0.39 is 0 Å². The second kappa shape index (κ2) is 7.37. The molecule has 3 aromatic rings. The molecule has 1 amide bonds. The van der Waals surface area contributed by atoms with Gasteiger partial charge in [-0.2, -0.15) is 0 Å². The van der Waals surface area contributed by atoms with Gasteiger partial charge in [-0.15, -0.1) is 16.4 Å². The van der Waals surface area contributed by atoms with Gasteiger partial charge in [0, 0.05) is 18.0 Å². The van der Waals surface area contributed by atoms with Crippen LogP contribution in [0.4, 0.5) is 0 Å². The van der Waals surface area contributed by atoms with Crippen LogP contribution >= 0.6 is 23.1 Å².